The van der Waals surface area contributed by atoms with Crippen LogP contribution >= 0.6 is 0 Å². The molecule has 8 nitrogen and oxygen atoms in total. The summed E-state index contributed by atoms with van der Waals surface area (Å²) in [6.07, 6.45) is 5.11. The van der Waals surface area contributed by atoms with Crippen molar-refractivity contribution >= 4 is 27.3 Å². The number of nitrogens with one attached hydrogen (secondary N) is 1. The molecule has 1 saturated heterocycles. The first-order chi connectivity index (χ1) is 14.5. The van der Waals surface area contributed by atoms with Crippen LogP contribution in [0.15, 0.2) is 24.7 Å². The molecule has 0 aliphatic carbocycles. The van der Waals surface area contributed by atoms with Gasteiger partial charge in [0.1, 0.15) is 24.0 Å². The summed E-state index contributed by atoms with van der Waals surface area (Å²) in [6.45, 7) is 1.76. The summed E-state index contributed by atoms with van der Waals surface area (Å²) in [5.74, 6) is 0.812. The van der Waals surface area contributed by atoms with Crippen molar-refractivity contribution in [1.29, 1.82) is 0 Å². The van der Waals surface area contributed by atoms with Crippen molar-refractivity contribution in [2.45, 2.75) is 30.7 Å². The molecule has 0 bridgehead atoms. The van der Waals surface area contributed by atoms with Gasteiger partial charge in [0.15, 0.2) is 5.75 Å². The second-order valence-corrected chi connectivity index (χ2v) is 7.39. The van der Waals surface area contributed by atoms with Gasteiger partial charge in [-0.3, -0.25) is 0 Å². The van der Waals surface area contributed by atoms with Gasteiger partial charge in [0.2, 0.25) is 11.6 Å². The molecule has 0 unspecified atom stereocenters. The number of hydrogen-bond donors (Lipinski definition) is 1. The molecule has 0 saturated carbocycles. The number of benzene rings is 1. The first kappa shape index (κ1) is 19.2. The molecule has 3 aromatic rings. The largest absolute Gasteiger partial charge is 0.493 e. The van der Waals surface area contributed by atoms with E-state index >= 15 is 0 Å². The average molecular weight is 405 g/mol. The van der Waals surface area contributed by atoms with Gasteiger partial charge in [-0.25, -0.2) is 13.8 Å². The van der Waals surface area contributed by atoms with Gasteiger partial charge in [-0.1, -0.05) is 0 Å². The number of rotatable bonds is 5. The van der Waals surface area contributed by atoms with E-state index in [1.165, 1.54) is 18.6 Å². The number of fused-ring (bicyclic) bond motifs is 2. The lowest BCUT2D eigenvalue weighted by Crippen LogP contribution is -2.39. The molecule has 1 N–H and O–H groups in total. The first-order valence-electron chi connectivity index (χ1n) is 9.76. The average Bonchev–Trinajstić information content (AvgIpc) is 3.40. The molecule has 0 amide bonds. The molecule has 2 aliphatic heterocycles. The van der Waals surface area contributed by atoms with Crippen molar-refractivity contribution < 1.29 is 18.6 Å². The van der Waals surface area contributed by atoms with Gasteiger partial charge in [-0.05, 0) is 17.5 Å². The number of ether oxygens (including phenoxy) is 3. The Kier molecular flexibility index (Phi) is 4.77. The van der Waals surface area contributed by atoms with Crippen LogP contribution in [-0.2, 0) is 16.5 Å². The van der Waals surface area contributed by atoms with Crippen molar-refractivity contribution in [3.8, 4) is 11.5 Å². The third-order valence-electron chi connectivity index (χ3n) is 5.32. The molecular weight excluding hydrogens is 387 g/mol. The normalized spacial score (nSPS) is 17.0. The fourth-order valence-corrected chi connectivity index (χ4v) is 3.89. The number of halogens is 1. The summed E-state index contributed by atoms with van der Waals surface area (Å²) < 4.78 is 33.2. The van der Waals surface area contributed by atoms with E-state index in [1.54, 1.807) is 10.5 Å². The van der Waals surface area contributed by atoms with Gasteiger partial charge >= 0.3 is 0 Å². The molecule has 4 heterocycles. The van der Waals surface area contributed by atoms with Crippen LogP contribution in [-0.4, -0.2) is 61.2 Å². The number of nitrogens with zero attached hydrogens (tertiary/aromatic N) is 4. The molecule has 1 fully saturated rings. The molecule has 2 aromatic heterocycles. The second kappa shape index (κ2) is 7.46. The Balaban J connectivity index is 1.47. The van der Waals surface area contributed by atoms with Crippen LogP contribution in [0.5, 0.6) is 11.5 Å². The van der Waals surface area contributed by atoms with E-state index in [4.69, 9.17) is 29.9 Å². The fourth-order valence-electron chi connectivity index (χ4n) is 3.89. The monoisotopic (exact) mass is 405 g/mol. The standard InChI is InChI=1S/C19H18B2FN5O3/c20-19(21,16-12-5-8-29-14(12)2-1-13(16)22)25-18-23-9-15(17-26-24-10-27(17)18)30-11-3-6-28-7-4-11/h1-2,9-11H,3-8H2,(H,23,25). The maximum absolute atomic E-state index is 14.7. The maximum atomic E-state index is 14.7. The van der Waals surface area contributed by atoms with E-state index in [1.807, 2.05) is 0 Å². The Hall–Kier alpha value is -2.81. The molecular formula is C19H18B2FN5O3. The van der Waals surface area contributed by atoms with E-state index in [0.717, 1.165) is 12.8 Å². The summed E-state index contributed by atoms with van der Waals surface area (Å²) in [7, 11) is 12.6. The Morgan fingerprint density at radius 1 is 1.23 bits per heavy atom. The van der Waals surface area contributed by atoms with Crippen LogP contribution in [0.4, 0.5) is 10.3 Å². The quantitative estimate of drug-likeness (QED) is 0.642. The number of aromatic nitrogens is 4. The predicted molar refractivity (Wildman–Crippen MR) is 108 cm³/mol. The minimum Gasteiger partial charge on any atom is -0.493 e. The molecule has 30 heavy (non-hydrogen) atoms. The summed E-state index contributed by atoms with van der Waals surface area (Å²) in [5, 5.41) is 9.25. The Morgan fingerprint density at radius 2 is 2.07 bits per heavy atom. The highest BCUT2D eigenvalue weighted by Gasteiger charge is 2.31. The van der Waals surface area contributed by atoms with Gasteiger partial charge < -0.3 is 19.5 Å². The molecule has 2 aliphatic rings. The third-order valence-corrected chi connectivity index (χ3v) is 5.32. The lowest BCUT2D eigenvalue weighted by atomic mass is 9.57. The highest BCUT2D eigenvalue weighted by atomic mass is 19.1. The summed E-state index contributed by atoms with van der Waals surface area (Å²) in [5.41, 5.74) is 1.24. The van der Waals surface area contributed by atoms with Crippen LogP contribution in [0.2, 0.25) is 0 Å². The van der Waals surface area contributed by atoms with Crippen LogP contribution in [0.3, 0.4) is 0 Å². The maximum Gasteiger partial charge on any atom is 0.209 e. The Morgan fingerprint density at radius 3 is 2.90 bits per heavy atom. The topological polar surface area (TPSA) is 82.8 Å². The van der Waals surface area contributed by atoms with E-state index in [2.05, 4.69) is 20.5 Å². The smallest absolute Gasteiger partial charge is 0.209 e. The van der Waals surface area contributed by atoms with Crippen molar-refractivity contribution in [3.63, 3.8) is 0 Å². The molecule has 5 rings (SSSR count). The van der Waals surface area contributed by atoms with E-state index in [0.29, 0.717) is 49.0 Å². The minimum absolute atomic E-state index is 0.0176. The van der Waals surface area contributed by atoms with E-state index in [9.17, 15) is 4.39 Å². The van der Waals surface area contributed by atoms with Gasteiger partial charge in [-0.2, -0.15) is 0 Å². The molecule has 1 aromatic carbocycles. The van der Waals surface area contributed by atoms with E-state index < -0.39 is 11.2 Å². The van der Waals surface area contributed by atoms with Crippen LogP contribution in [0.25, 0.3) is 5.65 Å². The second-order valence-electron chi connectivity index (χ2n) is 7.39. The van der Waals surface area contributed by atoms with Gasteiger partial charge in [0.05, 0.1) is 41.7 Å². The zero-order valence-electron chi connectivity index (χ0n) is 16.2. The zero-order valence-corrected chi connectivity index (χ0v) is 16.2. The van der Waals surface area contributed by atoms with Crippen molar-refractivity contribution in [2.75, 3.05) is 25.1 Å². The molecule has 0 atom stereocenters. The van der Waals surface area contributed by atoms with E-state index in [-0.39, 0.29) is 17.6 Å². The number of hydrogen-bond acceptors (Lipinski definition) is 7. The SMILES string of the molecule is [B]C([B])(Nc1ncc(OC2CCOCC2)c2nncn12)c1c(F)ccc2c1CCO2. The van der Waals surface area contributed by atoms with Gasteiger partial charge in [-0.15, -0.1) is 10.2 Å². The first-order valence-corrected chi connectivity index (χ1v) is 9.76. The number of anilines is 1. The Bertz CT molecular complexity index is 1090. The van der Waals surface area contributed by atoms with Crippen molar-refractivity contribution in [1.82, 2.24) is 19.6 Å². The van der Waals surface area contributed by atoms with Crippen LogP contribution in [0.1, 0.15) is 24.0 Å². The highest BCUT2D eigenvalue weighted by Crippen LogP contribution is 2.36. The Labute approximate surface area is 175 Å². The highest BCUT2D eigenvalue weighted by molar-refractivity contribution is 6.41. The molecule has 11 heteroatoms. The van der Waals surface area contributed by atoms with Crippen molar-refractivity contribution in [2.24, 2.45) is 0 Å². The third kappa shape index (κ3) is 3.36. The molecule has 0 spiro atoms. The van der Waals surface area contributed by atoms with Crippen molar-refractivity contribution in [3.05, 3.63) is 41.6 Å². The van der Waals surface area contributed by atoms with Crippen LogP contribution in [0, 0.1) is 5.82 Å². The zero-order chi connectivity index (χ0) is 20.7. The minimum atomic E-state index is -1.74. The molecule has 150 valence electrons. The summed E-state index contributed by atoms with van der Waals surface area (Å²) in [4.78, 5) is 4.38. The van der Waals surface area contributed by atoms with Gasteiger partial charge in [0.25, 0.3) is 0 Å². The lowest BCUT2D eigenvalue weighted by Gasteiger charge is -2.31. The summed E-state index contributed by atoms with van der Waals surface area (Å²) >= 11 is 0. The molecule has 4 radical (unpaired) electrons. The summed E-state index contributed by atoms with van der Waals surface area (Å²) in [6, 6.07) is 2.87. The fraction of sp³-hybridized carbons (Fsp3) is 0.421. The lowest BCUT2D eigenvalue weighted by molar-refractivity contribution is 0.0258. The van der Waals surface area contributed by atoms with Gasteiger partial charge in [0, 0.05) is 30.4 Å². The van der Waals surface area contributed by atoms with Crippen LogP contribution < -0.4 is 14.8 Å². The predicted octanol–water partition coefficient (Wildman–Crippen LogP) is 1.32.